The molecule has 0 aromatic carbocycles. The van der Waals surface area contributed by atoms with Gasteiger partial charge in [-0.2, -0.15) is 0 Å². The van der Waals surface area contributed by atoms with Gasteiger partial charge in [0.1, 0.15) is 0 Å². The number of nitrogens with one attached hydrogen (secondary N) is 1. The van der Waals surface area contributed by atoms with Gasteiger partial charge >= 0.3 is 9.69 Å². The first kappa shape index (κ1) is 7.34. The molecule has 2 nitrogen and oxygen atoms in total. The lowest BCUT2D eigenvalue weighted by molar-refractivity contribution is 0.535. The molecular formula is C2H3Cl3NO+. The molecule has 5 heteroatoms. The molecule has 0 saturated carbocycles. The molecule has 0 bridgehead atoms. The van der Waals surface area contributed by atoms with Crippen LogP contribution < -0.4 is 0 Å². The summed E-state index contributed by atoms with van der Waals surface area (Å²) in [6, 6.07) is 0. The highest BCUT2D eigenvalue weighted by Crippen LogP contribution is 2.25. The van der Waals surface area contributed by atoms with Crippen LogP contribution in [-0.2, 0) is 0 Å². The van der Waals surface area contributed by atoms with E-state index in [-0.39, 0.29) is 0 Å². The number of hydrogen-bond acceptors (Lipinski definition) is 1. The van der Waals surface area contributed by atoms with Crippen LogP contribution in [0.15, 0.2) is 0 Å². The Hall–Kier alpha value is 0.340. The molecule has 0 radical (unpaired) electrons. The standard InChI is InChI=1S/C2H2Cl3NO/c3-2(4,5)1(6)7/h(H2,6,7)/p+1. The zero-order chi connectivity index (χ0) is 6.08. The number of hydrogen-bond donors (Lipinski definition) is 1. The lowest BCUT2D eigenvalue weighted by Crippen LogP contribution is -2.15. The molecule has 0 aliphatic carbocycles. The van der Waals surface area contributed by atoms with Crippen LogP contribution in [0.25, 0.3) is 0 Å². The average Bonchev–Trinajstić information content (AvgIpc) is 1.31. The second-order valence-electron chi connectivity index (χ2n) is 0.873. The van der Waals surface area contributed by atoms with E-state index in [0.29, 0.717) is 0 Å². The molecule has 0 heterocycles. The van der Waals surface area contributed by atoms with Crippen molar-refractivity contribution in [2.45, 2.75) is 3.79 Å². The second-order valence-corrected chi connectivity index (χ2v) is 3.15. The van der Waals surface area contributed by atoms with Crippen molar-refractivity contribution < 1.29 is 5.11 Å². The van der Waals surface area contributed by atoms with Crippen molar-refractivity contribution in [3.63, 3.8) is 0 Å². The quantitative estimate of drug-likeness (QED) is 0.240. The second kappa shape index (κ2) is 2.07. The Bertz CT molecular complexity index is 85.4. The predicted molar refractivity (Wildman–Crippen MR) is 31.6 cm³/mol. The first-order valence-electron chi connectivity index (χ1n) is 1.32. The minimum absolute atomic E-state index is 0.711. The summed E-state index contributed by atoms with van der Waals surface area (Å²) in [5.41, 5.74) is 0. The van der Waals surface area contributed by atoms with Crippen LogP contribution in [0, 0.1) is 5.41 Å². The van der Waals surface area contributed by atoms with Crippen LogP contribution in [0.3, 0.4) is 0 Å². The van der Waals surface area contributed by atoms with E-state index >= 15 is 0 Å². The molecule has 0 aliphatic rings. The molecular weight excluding hydrogens is 160 g/mol. The highest BCUT2D eigenvalue weighted by molar-refractivity contribution is 6.75. The summed E-state index contributed by atoms with van der Waals surface area (Å²) < 4.78 is -1.83. The molecule has 0 atom stereocenters. The summed E-state index contributed by atoms with van der Waals surface area (Å²) in [5.74, 6) is -0.711. The van der Waals surface area contributed by atoms with Gasteiger partial charge in [-0.15, -0.1) is 0 Å². The fraction of sp³-hybridized carbons (Fsp3) is 0.500. The first-order valence-corrected chi connectivity index (χ1v) is 2.45. The van der Waals surface area contributed by atoms with Gasteiger partial charge in [0, 0.05) is 0 Å². The Morgan fingerprint density at radius 3 is 1.57 bits per heavy atom. The predicted octanol–water partition coefficient (Wildman–Crippen LogP) is 1.06. The van der Waals surface area contributed by atoms with Crippen molar-refractivity contribution in [1.29, 1.82) is 5.41 Å². The third-order valence-corrected chi connectivity index (χ3v) is 0.850. The highest BCUT2D eigenvalue weighted by atomic mass is 35.6. The van der Waals surface area contributed by atoms with Gasteiger partial charge in [0.25, 0.3) is 0 Å². The Morgan fingerprint density at radius 1 is 1.43 bits per heavy atom. The summed E-state index contributed by atoms with van der Waals surface area (Å²) in [6.45, 7) is 0. The number of rotatable bonds is 0. The van der Waals surface area contributed by atoms with Crippen LogP contribution in [0.2, 0.25) is 0 Å². The maximum absolute atomic E-state index is 6.42. The van der Waals surface area contributed by atoms with E-state index < -0.39 is 9.69 Å². The maximum atomic E-state index is 6.42. The van der Waals surface area contributed by atoms with Crippen molar-refractivity contribution in [2.24, 2.45) is 0 Å². The smallest absolute Gasteiger partial charge is 0.376 e. The van der Waals surface area contributed by atoms with Crippen LogP contribution in [0.1, 0.15) is 0 Å². The van der Waals surface area contributed by atoms with Crippen molar-refractivity contribution in [3.8, 4) is 0 Å². The monoisotopic (exact) mass is 162 g/mol. The van der Waals surface area contributed by atoms with Crippen LogP contribution in [0.4, 0.5) is 0 Å². The lowest BCUT2D eigenvalue weighted by Gasteiger charge is -1.98. The van der Waals surface area contributed by atoms with Crippen molar-refractivity contribution in [2.75, 3.05) is 0 Å². The highest BCUT2D eigenvalue weighted by Gasteiger charge is 2.31. The molecule has 0 fully saturated rings. The van der Waals surface area contributed by atoms with E-state index in [1.165, 1.54) is 0 Å². The number of alkyl halides is 3. The molecule has 0 rings (SSSR count). The Morgan fingerprint density at radius 2 is 1.57 bits per heavy atom. The molecule has 42 valence electrons. The average molecular weight is 163 g/mol. The van der Waals surface area contributed by atoms with E-state index in [4.69, 9.17) is 45.3 Å². The van der Waals surface area contributed by atoms with Gasteiger partial charge in [0.05, 0.1) is 0 Å². The number of halogens is 3. The van der Waals surface area contributed by atoms with E-state index in [0.717, 1.165) is 0 Å². The fourth-order valence-electron chi connectivity index (χ4n) is 0. The van der Waals surface area contributed by atoms with Crippen molar-refractivity contribution in [1.82, 2.24) is 0 Å². The molecule has 0 spiro atoms. The zero-order valence-electron chi connectivity index (χ0n) is 3.13. The Balaban J connectivity index is 3.79. The first-order chi connectivity index (χ1) is 2.94. The molecule has 0 aliphatic heterocycles. The van der Waals surface area contributed by atoms with Crippen molar-refractivity contribution >= 4 is 40.7 Å². The third kappa shape index (κ3) is 2.97. The van der Waals surface area contributed by atoms with Gasteiger partial charge in [-0.3, -0.25) is 0 Å². The summed E-state index contributed by atoms with van der Waals surface area (Å²) in [5, 5.41) is 12.8. The summed E-state index contributed by atoms with van der Waals surface area (Å²) in [7, 11) is 0. The Kier molecular flexibility index (Phi) is 2.17. The summed E-state index contributed by atoms with van der Waals surface area (Å²) >= 11 is 15.0. The minimum atomic E-state index is -1.83. The topological polar surface area (TPSA) is 46.8 Å². The van der Waals surface area contributed by atoms with Crippen LogP contribution in [-0.4, -0.2) is 14.8 Å². The third-order valence-electron chi connectivity index (χ3n) is 0.283. The molecule has 0 amide bonds. The van der Waals surface area contributed by atoms with E-state index in [1.54, 1.807) is 0 Å². The summed E-state index contributed by atoms with van der Waals surface area (Å²) in [6.07, 6.45) is 0. The molecule has 0 unspecified atom stereocenters. The molecule has 0 saturated heterocycles. The van der Waals surface area contributed by atoms with Crippen LogP contribution >= 0.6 is 34.8 Å². The van der Waals surface area contributed by atoms with Crippen molar-refractivity contribution in [3.05, 3.63) is 0 Å². The van der Waals surface area contributed by atoms with Gasteiger partial charge in [0.15, 0.2) is 0 Å². The molecule has 7 heavy (non-hydrogen) atoms. The minimum Gasteiger partial charge on any atom is -0.579 e. The fourth-order valence-corrected chi connectivity index (χ4v) is 0. The van der Waals surface area contributed by atoms with Gasteiger partial charge in [-0.1, -0.05) is 34.8 Å². The maximum Gasteiger partial charge on any atom is 0.376 e. The van der Waals surface area contributed by atoms with Gasteiger partial charge in [-0.25, -0.2) is 5.41 Å². The molecule has 0 aromatic heterocycles. The van der Waals surface area contributed by atoms with Crippen LogP contribution in [0.5, 0.6) is 0 Å². The lowest BCUT2D eigenvalue weighted by atomic mass is 10.8. The SMILES string of the molecule is N=C([OH2+])C(Cl)(Cl)Cl. The van der Waals surface area contributed by atoms with Gasteiger partial charge in [0.2, 0.25) is 0 Å². The van der Waals surface area contributed by atoms with Gasteiger partial charge in [-0.05, 0) is 0 Å². The normalized spacial score (nSPS) is 11.3. The van der Waals surface area contributed by atoms with Gasteiger partial charge < -0.3 is 5.11 Å². The Labute approximate surface area is 55.5 Å². The largest absolute Gasteiger partial charge is 0.579 e. The molecule has 3 N–H and O–H groups in total. The summed E-state index contributed by atoms with van der Waals surface area (Å²) in [4.78, 5) is 0. The van der Waals surface area contributed by atoms with E-state index in [1.807, 2.05) is 0 Å². The molecule has 0 aromatic rings. The van der Waals surface area contributed by atoms with E-state index in [9.17, 15) is 0 Å². The zero-order valence-corrected chi connectivity index (χ0v) is 5.40. The van der Waals surface area contributed by atoms with E-state index in [2.05, 4.69) is 0 Å².